The Kier molecular flexibility index (Phi) is 4.22. The number of hydrogen-bond donors (Lipinski definition) is 1. The minimum atomic E-state index is -0.314. The summed E-state index contributed by atoms with van der Waals surface area (Å²) in [5.74, 6) is -0.314. The van der Waals surface area contributed by atoms with Crippen molar-refractivity contribution in [3.63, 3.8) is 0 Å². The van der Waals surface area contributed by atoms with E-state index >= 15 is 0 Å². The summed E-state index contributed by atoms with van der Waals surface area (Å²) in [6, 6.07) is 15.5. The van der Waals surface area contributed by atoms with E-state index in [1.807, 2.05) is 55.5 Å². The van der Waals surface area contributed by atoms with Gasteiger partial charge >= 0.3 is 0 Å². The third-order valence-corrected chi connectivity index (χ3v) is 5.28. The summed E-state index contributed by atoms with van der Waals surface area (Å²) in [5, 5.41) is 8.07. The molecule has 2 heterocycles. The summed E-state index contributed by atoms with van der Waals surface area (Å²) in [4.78, 5) is 17.2. The van der Waals surface area contributed by atoms with Crippen molar-refractivity contribution in [2.75, 3.05) is 5.32 Å². The van der Waals surface area contributed by atoms with Crippen LogP contribution in [0.2, 0.25) is 5.15 Å². The molecule has 4 rings (SSSR count). The van der Waals surface area contributed by atoms with Gasteiger partial charge in [-0.1, -0.05) is 47.2 Å². The Morgan fingerprint density at radius 2 is 1.92 bits per heavy atom. The number of anilines is 1. The smallest absolute Gasteiger partial charge is 0.262 e. The lowest BCUT2D eigenvalue weighted by atomic mass is 10.2. The van der Waals surface area contributed by atoms with Crippen LogP contribution in [-0.4, -0.2) is 20.7 Å². The van der Waals surface area contributed by atoms with E-state index in [2.05, 4.69) is 15.4 Å². The van der Waals surface area contributed by atoms with Crippen LogP contribution in [0.5, 0.6) is 0 Å². The van der Waals surface area contributed by atoms with Crippen LogP contribution in [0.1, 0.15) is 21.6 Å². The average Bonchev–Trinajstić information content (AvgIpc) is 3.14. The molecule has 0 unspecified atom stereocenters. The molecule has 0 aliphatic carbocycles. The Labute approximate surface area is 159 Å². The van der Waals surface area contributed by atoms with Crippen LogP contribution in [-0.2, 0) is 0 Å². The number of rotatable bonds is 3. The van der Waals surface area contributed by atoms with Gasteiger partial charge in [-0.25, -0.2) is 9.67 Å². The molecule has 0 aliphatic heterocycles. The molecular formula is C19H15ClN4OS. The molecule has 1 N–H and O–H groups in total. The molecule has 5 nitrogen and oxygen atoms in total. The first kappa shape index (κ1) is 16.8. The van der Waals surface area contributed by atoms with Gasteiger partial charge in [-0.2, -0.15) is 5.10 Å². The normalized spacial score (nSPS) is 11.0. The highest BCUT2D eigenvalue weighted by atomic mass is 35.5. The lowest BCUT2D eigenvalue weighted by Gasteiger charge is -2.03. The second-order valence-electron chi connectivity index (χ2n) is 5.94. The van der Waals surface area contributed by atoms with Crippen LogP contribution in [0.25, 0.3) is 15.9 Å². The van der Waals surface area contributed by atoms with Crippen LogP contribution in [0.3, 0.4) is 0 Å². The van der Waals surface area contributed by atoms with Crippen molar-refractivity contribution in [1.29, 1.82) is 0 Å². The molecule has 7 heteroatoms. The minimum Gasteiger partial charge on any atom is -0.298 e. The van der Waals surface area contributed by atoms with Gasteiger partial charge in [0.15, 0.2) is 5.13 Å². The molecule has 0 bridgehead atoms. The lowest BCUT2D eigenvalue weighted by Crippen LogP contribution is -2.12. The Bertz CT molecular complexity index is 1120. The SMILES string of the molecule is Cc1ccc2nc(NC(=O)c3c(C)nn(-c4ccccc4)c3Cl)sc2c1. The molecule has 130 valence electrons. The minimum absolute atomic E-state index is 0.281. The molecule has 26 heavy (non-hydrogen) atoms. The van der Waals surface area contributed by atoms with Gasteiger partial charge < -0.3 is 0 Å². The number of nitrogens with one attached hydrogen (secondary N) is 1. The lowest BCUT2D eigenvalue weighted by molar-refractivity contribution is 0.102. The van der Waals surface area contributed by atoms with E-state index in [1.165, 1.54) is 11.3 Å². The highest BCUT2D eigenvalue weighted by molar-refractivity contribution is 7.22. The topological polar surface area (TPSA) is 59.8 Å². The van der Waals surface area contributed by atoms with Crippen LogP contribution in [0.4, 0.5) is 5.13 Å². The summed E-state index contributed by atoms with van der Waals surface area (Å²) >= 11 is 7.88. The molecule has 0 atom stereocenters. The zero-order chi connectivity index (χ0) is 18.3. The first-order chi connectivity index (χ1) is 12.5. The fourth-order valence-corrected chi connectivity index (χ4v) is 4.06. The number of aromatic nitrogens is 3. The maximum Gasteiger partial charge on any atom is 0.262 e. The van der Waals surface area contributed by atoms with Crippen molar-refractivity contribution in [2.24, 2.45) is 0 Å². The maximum absolute atomic E-state index is 12.8. The molecule has 2 aromatic carbocycles. The molecule has 0 aliphatic rings. The number of carbonyl (C=O) groups is 1. The number of aryl methyl sites for hydroxylation is 2. The largest absolute Gasteiger partial charge is 0.298 e. The fourth-order valence-electron chi connectivity index (χ4n) is 2.74. The van der Waals surface area contributed by atoms with E-state index in [0.717, 1.165) is 21.5 Å². The second kappa shape index (κ2) is 6.55. The van der Waals surface area contributed by atoms with Crippen molar-refractivity contribution in [3.8, 4) is 5.69 Å². The molecular weight excluding hydrogens is 368 g/mol. The molecule has 0 saturated carbocycles. The molecule has 2 aromatic heterocycles. The summed E-state index contributed by atoms with van der Waals surface area (Å²) < 4.78 is 2.59. The number of carbonyl (C=O) groups excluding carboxylic acids is 1. The summed E-state index contributed by atoms with van der Waals surface area (Å²) in [7, 11) is 0. The molecule has 0 saturated heterocycles. The number of benzene rings is 2. The van der Waals surface area contributed by atoms with Gasteiger partial charge in [0.1, 0.15) is 10.7 Å². The van der Waals surface area contributed by atoms with E-state index in [9.17, 15) is 4.79 Å². The van der Waals surface area contributed by atoms with Crippen LogP contribution in [0, 0.1) is 13.8 Å². The third kappa shape index (κ3) is 2.98. The van der Waals surface area contributed by atoms with E-state index in [-0.39, 0.29) is 11.1 Å². The van der Waals surface area contributed by atoms with Gasteiger partial charge in [0, 0.05) is 0 Å². The number of nitrogens with zero attached hydrogens (tertiary/aromatic N) is 3. The van der Waals surface area contributed by atoms with Gasteiger partial charge in [-0.05, 0) is 43.7 Å². The number of para-hydroxylation sites is 1. The van der Waals surface area contributed by atoms with Crippen molar-refractivity contribution in [2.45, 2.75) is 13.8 Å². The molecule has 4 aromatic rings. The first-order valence-corrected chi connectivity index (χ1v) is 9.21. The third-order valence-electron chi connectivity index (χ3n) is 4.00. The van der Waals surface area contributed by atoms with Crippen molar-refractivity contribution in [3.05, 3.63) is 70.5 Å². The predicted molar refractivity (Wildman–Crippen MR) is 106 cm³/mol. The monoisotopic (exact) mass is 382 g/mol. The Hall–Kier alpha value is -2.70. The zero-order valence-electron chi connectivity index (χ0n) is 14.2. The highest BCUT2D eigenvalue weighted by Gasteiger charge is 2.22. The summed E-state index contributed by atoms with van der Waals surface area (Å²) in [6.45, 7) is 3.79. The second-order valence-corrected chi connectivity index (χ2v) is 7.33. The number of halogens is 1. The number of amides is 1. The molecule has 0 radical (unpaired) electrons. The standard InChI is InChI=1S/C19H15ClN4OS/c1-11-8-9-14-15(10-11)26-19(21-14)22-18(25)16-12(2)23-24(17(16)20)13-6-4-3-5-7-13/h3-10H,1-2H3,(H,21,22,25). The van der Waals surface area contributed by atoms with Gasteiger partial charge in [-0.3, -0.25) is 10.1 Å². The average molecular weight is 383 g/mol. The van der Waals surface area contributed by atoms with Gasteiger partial charge in [0.05, 0.1) is 21.6 Å². The predicted octanol–water partition coefficient (Wildman–Crippen LogP) is 5.00. The molecule has 0 fully saturated rings. The van der Waals surface area contributed by atoms with Crippen molar-refractivity contribution in [1.82, 2.24) is 14.8 Å². The highest BCUT2D eigenvalue weighted by Crippen LogP contribution is 2.29. The maximum atomic E-state index is 12.8. The number of fused-ring (bicyclic) bond motifs is 1. The zero-order valence-corrected chi connectivity index (χ0v) is 15.7. The summed E-state index contributed by atoms with van der Waals surface area (Å²) in [5.41, 5.74) is 3.73. The molecule has 1 amide bonds. The number of thiazole rings is 1. The Morgan fingerprint density at radius 1 is 1.15 bits per heavy atom. The first-order valence-electron chi connectivity index (χ1n) is 8.02. The van der Waals surface area contributed by atoms with Crippen LogP contribution >= 0.6 is 22.9 Å². The van der Waals surface area contributed by atoms with Gasteiger partial charge in [0.25, 0.3) is 5.91 Å². The number of hydrogen-bond acceptors (Lipinski definition) is 4. The van der Waals surface area contributed by atoms with Crippen LogP contribution in [0.15, 0.2) is 48.5 Å². The summed E-state index contributed by atoms with van der Waals surface area (Å²) in [6.07, 6.45) is 0. The van der Waals surface area contributed by atoms with E-state index < -0.39 is 0 Å². The fraction of sp³-hybridized carbons (Fsp3) is 0.105. The van der Waals surface area contributed by atoms with E-state index in [4.69, 9.17) is 11.6 Å². The van der Waals surface area contributed by atoms with E-state index in [0.29, 0.717) is 16.4 Å². The van der Waals surface area contributed by atoms with Gasteiger partial charge in [-0.15, -0.1) is 0 Å². The Morgan fingerprint density at radius 3 is 2.69 bits per heavy atom. The molecule has 0 spiro atoms. The Balaban J connectivity index is 1.66. The van der Waals surface area contributed by atoms with Gasteiger partial charge in [0.2, 0.25) is 0 Å². The van der Waals surface area contributed by atoms with Crippen LogP contribution < -0.4 is 5.32 Å². The van der Waals surface area contributed by atoms with Crippen molar-refractivity contribution >= 4 is 44.2 Å². The quantitative estimate of drug-likeness (QED) is 0.542. The van der Waals surface area contributed by atoms with Crippen molar-refractivity contribution < 1.29 is 4.79 Å². The van der Waals surface area contributed by atoms with E-state index in [1.54, 1.807) is 11.6 Å².